The van der Waals surface area contributed by atoms with Gasteiger partial charge in [-0.2, -0.15) is 0 Å². The minimum atomic E-state index is -1.53. The first-order valence-electron chi connectivity index (χ1n) is 5.22. The quantitative estimate of drug-likeness (QED) is 0.465. The number of nitrogens with zero attached hydrogens (tertiary/aromatic N) is 1. The molecule has 1 aliphatic heterocycles. The molecule has 0 aromatic heterocycles. The van der Waals surface area contributed by atoms with Gasteiger partial charge in [0.05, 0.1) is 7.11 Å². The van der Waals surface area contributed by atoms with Crippen molar-refractivity contribution in [3.8, 4) is 0 Å². The summed E-state index contributed by atoms with van der Waals surface area (Å²) in [4.78, 5) is 28.0. The Hall–Kier alpha value is -1.94. The highest BCUT2D eigenvalue weighted by atomic mass is 35.5. The molecule has 1 aromatic carbocycles. The largest absolute Gasteiger partial charge is 0.468 e. The molecular weight excluding hydrogens is 254 g/mol. The summed E-state index contributed by atoms with van der Waals surface area (Å²) in [5.74, 6) is -1.14. The molecule has 0 fully saturated rings. The molecule has 0 spiro atoms. The monoisotopic (exact) mass is 263 g/mol. The van der Waals surface area contributed by atoms with Crippen molar-refractivity contribution in [1.29, 1.82) is 0 Å². The van der Waals surface area contributed by atoms with Crippen LogP contribution in [-0.2, 0) is 19.7 Å². The minimum Gasteiger partial charge on any atom is -0.468 e. The second kappa shape index (κ2) is 4.74. The molecule has 1 atom stereocenters. The van der Waals surface area contributed by atoms with Crippen molar-refractivity contribution in [2.75, 3.05) is 7.11 Å². The van der Waals surface area contributed by atoms with Crippen LogP contribution in [0.5, 0.6) is 0 Å². The molecule has 92 valence electrons. The summed E-state index contributed by atoms with van der Waals surface area (Å²) in [5, 5.41) is 0.0514. The summed E-state index contributed by atoms with van der Waals surface area (Å²) < 4.78 is 4.73. The Morgan fingerprint density at radius 1 is 1.33 bits per heavy atom. The molecule has 4 nitrogen and oxygen atoms in total. The molecule has 0 unspecified atom stereocenters. The molecule has 0 radical (unpaired) electrons. The third kappa shape index (κ3) is 1.84. The van der Waals surface area contributed by atoms with E-state index in [1.165, 1.54) is 13.3 Å². The summed E-state index contributed by atoms with van der Waals surface area (Å²) in [5.41, 5.74) is -1.03. The first-order valence-corrected chi connectivity index (χ1v) is 5.60. The van der Waals surface area contributed by atoms with E-state index in [-0.39, 0.29) is 5.16 Å². The number of esters is 1. The number of hydrogen-bond donors (Lipinski definition) is 0. The maximum absolute atomic E-state index is 12.2. The normalized spacial score (nSPS) is 22.6. The maximum Gasteiger partial charge on any atom is 0.329 e. The molecule has 0 bridgehead atoms. The third-order valence-corrected chi connectivity index (χ3v) is 2.96. The lowest BCUT2D eigenvalue weighted by Gasteiger charge is -2.26. The average molecular weight is 264 g/mol. The van der Waals surface area contributed by atoms with Crippen molar-refractivity contribution in [3.05, 3.63) is 47.1 Å². The summed E-state index contributed by atoms with van der Waals surface area (Å²) in [6, 6.07) is 8.62. The summed E-state index contributed by atoms with van der Waals surface area (Å²) >= 11 is 5.66. The zero-order chi connectivity index (χ0) is 13.2. The van der Waals surface area contributed by atoms with Gasteiger partial charge in [0.15, 0.2) is 11.2 Å². The van der Waals surface area contributed by atoms with E-state index >= 15 is 0 Å². The number of allylic oxidation sites excluding steroid dienone is 1. The summed E-state index contributed by atoms with van der Waals surface area (Å²) in [7, 11) is 1.23. The first kappa shape index (κ1) is 12.5. The lowest BCUT2D eigenvalue weighted by atomic mass is 9.76. The number of rotatable bonds is 2. The fraction of sp³-hybridized carbons (Fsp3) is 0.154. The van der Waals surface area contributed by atoms with Crippen molar-refractivity contribution in [1.82, 2.24) is 0 Å². The summed E-state index contributed by atoms with van der Waals surface area (Å²) in [6.07, 6.45) is 2.37. The van der Waals surface area contributed by atoms with Gasteiger partial charge in [0.2, 0.25) is 0 Å². The van der Waals surface area contributed by atoms with Crippen LogP contribution in [-0.4, -0.2) is 25.1 Å². The van der Waals surface area contributed by atoms with Gasteiger partial charge in [0.25, 0.3) is 0 Å². The molecule has 18 heavy (non-hydrogen) atoms. The van der Waals surface area contributed by atoms with E-state index in [9.17, 15) is 9.59 Å². The van der Waals surface area contributed by atoms with Crippen molar-refractivity contribution in [3.63, 3.8) is 0 Å². The van der Waals surface area contributed by atoms with Gasteiger partial charge in [-0.1, -0.05) is 41.9 Å². The number of ketones is 1. The van der Waals surface area contributed by atoms with E-state index in [1.54, 1.807) is 30.3 Å². The zero-order valence-corrected chi connectivity index (χ0v) is 10.3. The number of hydrogen-bond acceptors (Lipinski definition) is 4. The van der Waals surface area contributed by atoms with Crippen LogP contribution in [0, 0.1) is 0 Å². The molecule has 1 heterocycles. The van der Waals surface area contributed by atoms with E-state index in [0.717, 1.165) is 6.08 Å². The van der Waals surface area contributed by atoms with Gasteiger partial charge >= 0.3 is 5.97 Å². The highest BCUT2D eigenvalue weighted by molar-refractivity contribution is 6.36. The first-order chi connectivity index (χ1) is 8.61. The Morgan fingerprint density at radius 2 is 2.00 bits per heavy atom. The van der Waals surface area contributed by atoms with Crippen molar-refractivity contribution in [2.45, 2.75) is 5.41 Å². The molecule has 1 aliphatic rings. The van der Waals surface area contributed by atoms with E-state index in [2.05, 4.69) is 4.99 Å². The Morgan fingerprint density at radius 3 is 2.56 bits per heavy atom. The maximum atomic E-state index is 12.2. The number of aliphatic imine (C=N–C) groups is 1. The predicted octanol–water partition coefficient (Wildman–Crippen LogP) is 1.83. The number of carbonyl (C=O) groups is 2. The van der Waals surface area contributed by atoms with Crippen LogP contribution in [0.3, 0.4) is 0 Å². The van der Waals surface area contributed by atoms with Gasteiger partial charge in [-0.15, -0.1) is 0 Å². The van der Waals surface area contributed by atoms with Crippen LogP contribution < -0.4 is 0 Å². The molecule has 0 N–H and O–H groups in total. The van der Waals surface area contributed by atoms with Crippen molar-refractivity contribution < 1.29 is 14.3 Å². The number of halogens is 1. The Balaban J connectivity index is 2.61. The fourth-order valence-electron chi connectivity index (χ4n) is 1.83. The average Bonchev–Trinajstić information content (AvgIpc) is 2.39. The fourth-order valence-corrected chi connectivity index (χ4v) is 1.98. The highest BCUT2D eigenvalue weighted by Gasteiger charge is 2.47. The standard InChI is InChI=1S/C13H10ClNO3/c1-18-12(17)13(9-5-3-2-4-6-9)8-15-11(14)7-10(13)16/h2-8H,1H3/t13-/m0/s1. The predicted molar refractivity (Wildman–Crippen MR) is 67.6 cm³/mol. The van der Waals surface area contributed by atoms with Gasteiger partial charge in [0, 0.05) is 12.3 Å². The van der Waals surface area contributed by atoms with Gasteiger partial charge in [-0.05, 0) is 5.56 Å². The van der Waals surface area contributed by atoms with Crippen LogP contribution in [0.15, 0.2) is 46.6 Å². The second-order valence-corrected chi connectivity index (χ2v) is 4.14. The van der Waals surface area contributed by atoms with Gasteiger partial charge < -0.3 is 4.74 Å². The zero-order valence-electron chi connectivity index (χ0n) is 9.59. The lowest BCUT2D eigenvalue weighted by molar-refractivity contribution is -0.147. The number of ether oxygens (including phenoxy) is 1. The van der Waals surface area contributed by atoms with Crippen LogP contribution >= 0.6 is 11.6 Å². The Bertz CT molecular complexity index is 551. The lowest BCUT2D eigenvalue weighted by Crippen LogP contribution is -2.46. The number of benzene rings is 1. The van der Waals surface area contributed by atoms with Crippen LogP contribution in [0.25, 0.3) is 0 Å². The van der Waals surface area contributed by atoms with E-state index in [1.807, 2.05) is 0 Å². The van der Waals surface area contributed by atoms with Crippen LogP contribution in [0.1, 0.15) is 5.56 Å². The molecular formula is C13H10ClNO3. The molecule has 0 amide bonds. The summed E-state index contributed by atoms with van der Waals surface area (Å²) in [6.45, 7) is 0. The Kier molecular flexibility index (Phi) is 3.30. The molecule has 5 heteroatoms. The number of carbonyl (C=O) groups excluding carboxylic acids is 2. The van der Waals surface area contributed by atoms with Gasteiger partial charge in [-0.3, -0.25) is 9.59 Å². The molecule has 0 aliphatic carbocycles. The molecule has 2 rings (SSSR count). The topological polar surface area (TPSA) is 55.7 Å². The minimum absolute atomic E-state index is 0.0514. The molecule has 0 saturated heterocycles. The SMILES string of the molecule is COC(=O)[C@]1(c2ccccc2)C=NC(Cl)=CC1=O. The van der Waals surface area contributed by atoms with Crippen molar-refractivity contribution >= 4 is 29.6 Å². The van der Waals surface area contributed by atoms with Crippen LogP contribution in [0.4, 0.5) is 0 Å². The second-order valence-electron chi connectivity index (χ2n) is 3.76. The number of methoxy groups -OCH3 is 1. The van der Waals surface area contributed by atoms with Crippen LogP contribution in [0.2, 0.25) is 0 Å². The smallest absolute Gasteiger partial charge is 0.329 e. The van der Waals surface area contributed by atoms with Gasteiger partial charge in [-0.25, -0.2) is 4.99 Å². The van der Waals surface area contributed by atoms with E-state index in [0.29, 0.717) is 5.56 Å². The van der Waals surface area contributed by atoms with Crippen molar-refractivity contribution in [2.24, 2.45) is 4.99 Å². The van der Waals surface area contributed by atoms with E-state index in [4.69, 9.17) is 16.3 Å². The van der Waals surface area contributed by atoms with E-state index < -0.39 is 17.2 Å². The van der Waals surface area contributed by atoms with Gasteiger partial charge in [0.1, 0.15) is 5.16 Å². The third-order valence-electron chi connectivity index (χ3n) is 2.76. The highest BCUT2D eigenvalue weighted by Crippen LogP contribution is 2.30. The molecule has 1 aromatic rings. The Labute approximate surface area is 109 Å². The molecule has 0 saturated carbocycles.